The van der Waals surface area contributed by atoms with Crippen LogP contribution in [0.1, 0.15) is 99.3 Å². The van der Waals surface area contributed by atoms with Gasteiger partial charge < -0.3 is 0 Å². The molecule has 0 radical (unpaired) electrons. The van der Waals surface area contributed by atoms with Gasteiger partial charge in [-0.25, -0.2) is 0 Å². The average Bonchev–Trinajstić information content (AvgIpc) is 2.37. The van der Waals surface area contributed by atoms with E-state index >= 15 is 0 Å². The lowest BCUT2D eigenvalue weighted by molar-refractivity contribution is 0.350. The first kappa shape index (κ1) is 22.2. The molecule has 0 aromatic heterocycles. The second-order valence-electron chi connectivity index (χ2n) is 9.34. The van der Waals surface area contributed by atoms with Crippen LogP contribution in [0.4, 0.5) is 0 Å². The predicted octanol–water partition coefficient (Wildman–Crippen LogP) is 8.26. The molecule has 0 heteroatoms. The van der Waals surface area contributed by atoms with Crippen LogP contribution in [0.2, 0.25) is 0 Å². The first-order chi connectivity index (χ1) is 10.6. The SMILES string of the molecule is C=CCCCCCCC(=CCC(C)(C)C)CC(C)(C)CC(=C)C. The number of rotatable bonds is 12. The van der Waals surface area contributed by atoms with Crippen molar-refractivity contribution >= 4 is 0 Å². The van der Waals surface area contributed by atoms with Crippen molar-refractivity contribution in [3.05, 3.63) is 36.5 Å². The van der Waals surface area contributed by atoms with Crippen LogP contribution in [0.15, 0.2) is 36.5 Å². The van der Waals surface area contributed by atoms with Gasteiger partial charge in [-0.2, -0.15) is 0 Å². The molecular formula is C23H42. The first-order valence-electron chi connectivity index (χ1n) is 9.49. The third kappa shape index (κ3) is 14.5. The smallest absolute Gasteiger partial charge is 0.0266 e. The molecule has 0 spiro atoms. The van der Waals surface area contributed by atoms with Crippen LogP contribution in [0.25, 0.3) is 0 Å². The highest BCUT2D eigenvalue weighted by Gasteiger charge is 2.20. The highest BCUT2D eigenvalue weighted by atomic mass is 14.3. The molecule has 0 amide bonds. The van der Waals surface area contributed by atoms with E-state index in [4.69, 9.17) is 0 Å². The molecule has 0 saturated heterocycles. The fourth-order valence-electron chi connectivity index (χ4n) is 3.20. The fourth-order valence-corrected chi connectivity index (χ4v) is 3.20. The molecule has 0 fully saturated rings. The standard InChI is InChI=1S/C23H42/c1-9-10-11-12-13-14-15-21(16-17-22(4,5)6)19-23(7,8)18-20(2)3/h9,16H,1-2,10-15,17-19H2,3-8H3. The van der Waals surface area contributed by atoms with Crippen molar-refractivity contribution < 1.29 is 0 Å². The minimum absolute atomic E-state index is 0.332. The van der Waals surface area contributed by atoms with Gasteiger partial charge in [0, 0.05) is 0 Å². The molecule has 0 bridgehead atoms. The van der Waals surface area contributed by atoms with Crippen LogP contribution < -0.4 is 0 Å². The number of unbranched alkanes of at least 4 members (excludes halogenated alkanes) is 4. The topological polar surface area (TPSA) is 0 Å². The average molecular weight is 319 g/mol. The van der Waals surface area contributed by atoms with Crippen molar-refractivity contribution in [3.63, 3.8) is 0 Å². The minimum atomic E-state index is 0.332. The lowest BCUT2D eigenvalue weighted by Gasteiger charge is -2.27. The van der Waals surface area contributed by atoms with Crippen LogP contribution in [-0.2, 0) is 0 Å². The minimum Gasteiger partial charge on any atom is -0.103 e. The van der Waals surface area contributed by atoms with E-state index in [0.29, 0.717) is 10.8 Å². The summed E-state index contributed by atoms with van der Waals surface area (Å²) in [4.78, 5) is 0. The van der Waals surface area contributed by atoms with Crippen molar-refractivity contribution in [2.75, 3.05) is 0 Å². The van der Waals surface area contributed by atoms with Crippen molar-refractivity contribution in [1.29, 1.82) is 0 Å². The molecule has 0 aromatic carbocycles. The van der Waals surface area contributed by atoms with Gasteiger partial charge in [0.15, 0.2) is 0 Å². The summed E-state index contributed by atoms with van der Waals surface area (Å²) in [6, 6.07) is 0. The van der Waals surface area contributed by atoms with E-state index in [2.05, 4.69) is 60.8 Å². The third-order valence-corrected chi connectivity index (χ3v) is 4.15. The Morgan fingerprint density at radius 1 is 0.913 bits per heavy atom. The summed E-state index contributed by atoms with van der Waals surface area (Å²) in [5, 5.41) is 0. The third-order valence-electron chi connectivity index (χ3n) is 4.15. The largest absolute Gasteiger partial charge is 0.103 e. The number of hydrogen-bond acceptors (Lipinski definition) is 0. The number of allylic oxidation sites excluding steroid dienone is 4. The maximum atomic E-state index is 4.11. The molecule has 134 valence electrons. The van der Waals surface area contributed by atoms with Crippen molar-refractivity contribution in [2.24, 2.45) is 10.8 Å². The molecule has 0 aliphatic rings. The lowest BCUT2D eigenvalue weighted by atomic mass is 9.78. The van der Waals surface area contributed by atoms with Crippen LogP contribution in [0.3, 0.4) is 0 Å². The maximum absolute atomic E-state index is 4.11. The van der Waals surface area contributed by atoms with E-state index in [9.17, 15) is 0 Å². The molecule has 0 rings (SSSR count). The molecule has 0 aliphatic carbocycles. The molecule has 23 heavy (non-hydrogen) atoms. The summed E-state index contributed by atoms with van der Waals surface area (Å²) in [6.07, 6.45) is 15.8. The molecule has 0 aromatic rings. The van der Waals surface area contributed by atoms with Gasteiger partial charge in [-0.1, -0.05) is 70.8 Å². The quantitative estimate of drug-likeness (QED) is 0.251. The van der Waals surface area contributed by atoms with Crippen LogP contribution in [-0.4, -0.2) is 0 Å². The Morgan fingerprint density at radius 3 is 2.04 bits per heavy atom. The Hall–Kier alpha value is -0.780. The summed E-state index contributed by atoms with van der Waals surface area (Å²) >= 11 is 0. The summed E-state index contributed by atoms with van der Waals surface area (Å²) in [5.74, 6) is 0. The zero-order chi connectivity index (χ0) is 17.9. The van der Waals surface area contributed by atoms with E-state index in [1.807, 2.05) is 6.08 Å². The van der Waals surface area contributed by atoms with Crippen molar-refractivity contribution in [1.82, 2.24) is 0 Å². The molecule has 0 unspecified atom stereocenters. The van der Waals surface area contributed by atoms with Gasteiger partial charge in [0.05, 0.1) is 0 Å². The summed E-state index contributed by atoms with van der Waals surface area (Å²) < 4.78 is 0. The molecule has 0 atom stereocenters. The fraction of sp³-hybridized carbons (Fsp3) is 0.739. The zero-order valence-corrected chi connectivity index (χ0v) is 16.9. The van der Waals surface area contributed by atoms with Crippen LogP contribution in [0.5, 0.6) is 0 Å². The second kappa shape index (κ2) is 10.9. The van der Waals surface area contributed by atoms with Crippen LogP contribution >= 0.6 is 0 Å². The first-order valence-corrected chi connectivity index (χ1v) is 9.49. The number of hydrogen-bond donors (Lipinski definition) is 0. The Kier molecular flexibility index (Phi) is 10.5. The van der Waals surface area contributed by atoms with Crippen molar-refractivity contribution in [2.45, 2.75) is 99.3 Å². The molecule has 0 heterocycles. The Labute approximate surface area is 147 Å². The molecular weight excluding hydrogens is 276 g/mol. The van der Waals surface area contributed by atoms with Gasteiger partial charge in [-0.3, -0.25) is 0 Å². The van der Waals surface area contributed by atoms with Gasteiger partial charge >= 0.3 is 0 Å². The normalized spacial score (nSPS) is 13.2. The Bertz CT molecular complexity index is 373. The van der Waals surface area contributed by atoms with E-state index in [1.165, 1.54) is 56.9 Å². The zero-order valence-electron chi connectivity index (χ0n) is 16.9. The molecule has 0 saturated carbocycles. The molecule has 0 nitrogen and oxygen atoms in total. The highest BCUT2D eigenvalue weighted by molar-refractivity contribution is 5.08. The van der Waals surface area contributed by atoms with Gasteiger partial charge in [0.25, 0.3) is 0 Å². The summed E-state index contributed by atoms with van der Waals surface area (Å²) in [7, 11) is 0. The Morgan fingerprint density at radius 2 is 1.52 bits per heavy atom. The van der Waals surface area contributed by atoms with E-state index in [-0.39, 0.29) is 0 Å². The Balaban J connectivity index is 4.57. The van der Waals surface area contributed by atoms with E-state index < -0.39 is 0 Å². The van der Waals surface area contributed by atoms with Crippen LogP contribution in [0, 0.1) is 10.8 Å². The predicted molar refractivity (Wildman–Crippen MR) is 108 cm³/mol. The van der Waals surface area contributed by atoms with Crippen molar-refractivity contribution in [3.8, 4) is 0 Å². The van der Waals surface area contributed by atoms with E-state index in [0.717, 1.165) is 6.42 Å². The maximum Gasteiger partial charge on any atom is -0.0266 e. The molecule has 0 N–H and O–H groups in total. The molecule has 0 aliphatic heterocycles. The van der Waals surface area contributed by atoms with Gasteiger partial charge in [-0.15, -0.1) is 13.2 Å². The summed E-state index contributed by atoms with van der Waals surface area (Å²) in [6.45, 7) is 21.8. The lowest BCUT2D eigenvalue weighted by Crippen LogP contribution is -2.13. The second-order valence-corrected chi connectivity index (χ2v) is 9.34. The highest BCUT2D eigenvalue weighted by Crippen LogP contribution is 2.34. The van der Waals surface area contributed by atoms with Gasteiger partial charge in [0.2, 0.25) is 0 Å². The van der Waals surface area contributed by atoms with Gasteiger partial charge in [-0.05, 0) is 62.7 Å². The summed E-state index contributed by atoms with van der Waals surface area (Å²) in [5.41, 5.74) is 3.68. The van der Waals surface area contributed by atoms with Gasteiger partial charge in [0.1, 0.15) is 0 Å². The van der Waals surface area contributed by atoms with E-state index in [1.54, 1.807) is 5.57 Å². The monoisotopic (exact) mass is 318 g/mol.